The van der Waals surface area contributed by atoms with E-state index in [1.807, 2.05) is 57.2 Å². The molecule has 0 aliphatic heterocycles. The fourth-order valence-corrected chi connectivity index (χ4v) is 4.94. The Morgan fingerprint density at radius 3 is 2.36 bits per heavy atom. The summed E-state index contributed by atoms with van der Waals surface area (Å²) in [5.74, 6) is 0.606. The maximum atomic E-state index is 13.6. The van der Waals surface area contributed by atoms with Crippen molar-refractivity contribution in [2.75, 3.05) is 0 Å². The minimum atomic E-state index is -0.464. The largest absolute Gasteiger partial charge is 0.419 e. The van der Waals surface area contributed by atoms with Crippen LogP contribution in [0, 0.1) is 24.0 Å². The number of nitrogens with zero attached hydrogens (tertiary/aromatic N) is 5. The number of non-ortho nitro benzene ring substituents is 1. The van der Waals surface area contributed by atoms with Gasteiger partial charge in [0.15, 0.2) is 5.16 Å². The first-order chi connectivity index (χ1) is 17.3. The molecule has 0 radical (unpaired) electrons. The van der Waals surface area contributed by atoms with E-state index in [0.717, 1.165) is 16.8 Å². The van der Waals surface area contributed by atoms with Gasteiger partial charge in [-0.3, -0.25) is 19.5 Å². The van der Waals surface area contributed by atoms with E-state index in [2.05, 4.69) is 10.2 Å². The lowest BCUT2D eigenvalue weighted by Gasteiger charge is -2.18. The summed E-state index contributed by atoms with van der Waals surface area (Å²) < 4.78 is 7.54. The Labute approximate surface area is 210 Å². The lowest BCUT2D eigenvalue weighted by atomic mass is 10.1. The highest BCUT2D eigenvalue weighted by Gasteiger charge is 2.22. The van der Waals surface area contributed by atoms with Gasteiger partial charge >= 0.3 is 0 Å². The number of aryl methyl sites for hydroxylation is 2. The van der Waals surface area contributed by atoms with Gasteiger partial charge in [0.05, 0.1) is 26.8 Å². The van der Waals surface area contributed by atoms with Crippen molar-refractivity contribution in [3.05, 3.63) is 104 Å². The molecule has 0 saturated carbocycles. The smallest absolute Gasteiger partial charge is 0.269 e. The topological polar surface area (TPSA) is 117 Å². The molecule has 0 aliphatic carbocycles. The predicted molar refractivity (Wildman–Crippen MR) is 137 cm³/mol. The standard InChI is InChI=1S/C26H21N5O4S/c1-15-7-6-8-16(2)22(15)30-25(32)20-9-4-5-10-21(20)27-26(30)36-17(3)23-28-29-24(35-23)18-11-13-19(14-12-18)31(33)34/h4-14,17H,1-3H3. The maximum absolute atomic E-state index is 13.6. The van der Waals surface area contributed by atoms with Gasteiger partial charge in [0.25, 0.3) is 11.2 Å². The zero-order valence-corrected chi connectivity index (χ0v) is 20.5. The van der Waals surface area contributed by atoms with E-state index in [-0.39, 0.29) is 22.4 Å². The van der Waals surface area contributed by atoms with Crippen LogP contribution in [0.1, 0.15) is 29.2 Å². The average Bonchev–Trinajstić information content (AvgIpc) is 3.36. The highest BCUT2D eigenvalue weighted by Crippen LogP contribution is 2.36. The second-order valence-electron chi connectivity index (χ2n) is 8.30. The number of nitro groups is 1. The minimum Gasteiger partial charge on any atom is -0.419 e. The van der Waals surface area contributed by atoms with Gasteiger partial charge in [0.2, 0.25) is 11.8 Å². The van der Waals surface area contributed by atoms with Crippen LogP contribution in [0.3, 0.4) is 0 Å². The summed E-state index contributed by atoms with van der Waals surface area (Å²) in [5.41, 5.74) is 3.74. The van der Waals surface area contributed by atoms with Crippen molar-refractivity contribution in [3.8, 4) is 17.1 Å². The van der Waals surface area contributed by atoms with E-state index in [9.17, 15) is 14.9 Å². The van der Waals surface area contributed by atoms with Crippen molar-refractivity contribution in [2.45, 2.75) is 31.2 Å². The number of thioether (sulfide) groups is 1. The van der Waals surface area contributed by atoms with Gasteiger partial charge in [-0.1, -0.05) is 42.1 Å². The van der Waals surface area contributed by atoms with Crippen LogP contribution in [-0.2, 0) is 0 Å². The highest BCUT2D eigenvalue weighted by molar-refractivity contribution is 7.99. The van der Waals surface area contributed by atoms with Crippen molar-refractivity contribution in [1.29, 1.82) is 0 Å². The summed E-state index contributed by atoms with van der Waals surface area (Å²) in [7, 11) is 0. The van der Waals surface area contributed by atoms with Gasteiger partial charge in [-0.15, -0.1) is 10.2 Å². The summed E-state index contributed by atoms with van der Waals surface area (Å²) >= 11 is 1.35. The molecule has 0 amide bonds. The quantitative estimate of drug-likeness (QED) is 0.124. The number of benzene rings is 3. The number of rotatable bonds is 6. The van der Waals surface area contributed by atoms with Gasteiger partial charge < -0.3 is 4.42 Å². The van der Waals surface area contributed by atoms with E-state index in [1.165, 1.54) is 23.9 Å². The SMILES string of the molecule is Cc1cccc(C)c1-n1c(SC(C)c2nnc(-c3ccc([N+](=O)[O-])cc3)o2)nc2ccccc2c1=O. The van der Waals surface area contributed by atoms with Gasteiger partial charge in [-0.25, -0.2) is 4.98 Å². The number of nitro benzene ring substituents is 1. The molecule has 0 spiro atoms. The monoisotopic (exact) mass is 499 g/mol. The Hall–Kier alpha value is -4.31. The van der Waals surface area contributed by atoms with Crippen molar-refractivity contribution in [1.82, 2.24) is 19.7 Å². The van der Waals surface area contributed by atoms with Crippen LogP contribution in [0.5, 0.6) is 0 Å². The summed E-state index contributed by atoms with van der Waals surface area (Å²) in [6.45, 7) is 5.83. The number of fused-ring (bicyclic) bond motifs is 1. The van der Waals surface area contributed by atoms with E-state index < -0.39 is 4.92 Å². The second kappa shape index (κ2) is 9.38. The number of aromatic nitrogens is 4. The number of hydrogen-bond acceptors (Lipinski definition) is 8. The molecule has 9 nitrogen and oxygen atoms in total. The molecular weight excluding hydrogens is 478 g/mol. The van der Waals surface area contributed by atoms with E-state index in [1.54, 1.807) is 22.8 Å². The molecule has 0 N–H and O–H groups in total. The van der Waals surface area contributed by atoms with Crippen LogP contribution in [-0.4, -0.2) is 24.7 Å². The number of para-hydroxylation sites is 2. The zero-order valence-electron chi connectivity index (χ0n) is 19.7. The van der Waals surface area contributed by atoms with Crippen LogP contribution in [0.15, 0.2) is 81.1 Å². The molecule has 0 fully saturated rings. The molecule has 2 aromatic heterocycles. The first kappa shape index (κ1) is 23.4. The fourth-order valence-electron chi connectivity index (χ4n) is 4.00. The molecule has 5 aromatic rings. The van der Waals surface area contributed by atoms with Crippen LogP contribution in [0.4, 0.5) is 5.69 Å². The third-order valence-corrected chi connectivity index (χ3v) is 6.84. The minimum absolute atomic E-state index is 0.0192. The van der Waals surface area contributed by atoms with Crippen LogP contribution in [0.2, 0.25) is 0 Å². The van der Waals surface area contributed by atoms with Gasteiger partial charge in [-0.05, 0) is 56.2 Å². The Bertz CT molecular complexity index is 1640. The molecule has 5 rings (SSSR count). The first-order valence-electron chi connectivity index (χ1n) is 11.2. The van der Waals surface area contributed by atoms with Crippen molar-refractivity contribution in [2.24, 2.45) is 0 Å². The molecule has 3 aromatic carbocycles. The Balaban J connectivity index is 1.55. The zero-order chi connectivity index (χ0) is 25.4. The van der Waals surface area contributed by atoms with E-state index in [4.69, 9.17) is 9.40 Å². The van der Waals surface area contributed by atoms with Gasteiger partial charge in [0.1, 0.15) is 0 Å². The Kier molecular flexibility index (Phi) is 6.11. The predicted octanol–water partition coefficient (Wildman–Crippen LogP) is 5.81. The van der Waals surface area contributed by atoms with Crippen LogP contribution in [0.25, 0.3) is 28.0 Å². The fraction of sp³-hybridized carbons (Fsp3) is 0.154. The average molecular weight is 500 g/mol. The molecule has 1 atom stereocenters. The third-order valence-electron chi connectivity index (χ3n) is 5.80. The molecule has 0 saturated heterocycles. The molecule has 10 heteroatoms. The molecular formula is C26H21N5O4S. The molecule has 36 heavy (non-hydrogen) atoms. The van der Waals surface area contributed by atoms with E-state index >= 15 is 0 Å². The summed E-state index contributed by atoms with van der Waals surface area (Å²) in [6.07, 6.45) is 0. The normalized spacial score (nSPS) is 12.1. The Morgan fingerprint density at radius 2 is 1.67 bits per heavy atom. The molecule has 180 valence electrons. The van der Waals surface area contributed by atoms with Crippen LogP contribution >= 0.6 is 11.8 Å². The lowest BCUT2D eigenvalue weighted by molar-refractivity contribution is -0.384. The van der Waals surface area contributed by atoms with Crippen molar-refractivity contribution < 1.29 is 9.34 Å². The maximum Gasteiger partial charge on any atom is 0.269 e. The van der Waals surface area contributed by atoms with E-state index in [0.29, 0.717) is 27.5 Å². The molecule has 0 bridgehead atoms. The van der Waals surface area contributed by atoms with Gasteiger partial charge in [-0.2, -0.15) is 0 Å². The lowest BCUT2D eigenvalue weighted by Crippen LogP contribution is -2.23. The van der Waals surface area contributed by atoms with Crippen LogP contribution < -0.4 is 5.56 Å². The second-order valence-corrected chi connectivity index (χ2v) is 9.61. The number of hydrogen-bond donors (Lipinski definition) is 0. The summed E-state index contributed by atoms with van der Waals surface area (Å²) in [4.78, 5) is 28.9. The summed E-state index contributed by atoms with van der Waals surface area (Å²) in [5, 5.41) is 19.9. The van der Waals surface area contributed by atoms with Crippen molar-refractivity contribution in [3.63, 3.8) is 0 Å². The summed E-state index contributed by atoms with van der Waals surface area (Å²) in [6, 6.07) is 19.1. The third kappa shape index (κ3) is 4.27. The highest BCUT2D eigenvalue weighted by atomic mass is 32.2. The Morgan fingerprint density at radius 1 is 0.972 bits per heavy atom. The molecule has 1 unspecified atom stereocenters. The van der Waals surface area contributed by atoms with Crippen molar-refractivity contribution >= 4 is 28.4 Å². The molecule has 2 heterocycles. The molecule has 0 aliphatic rings. The van der Waals surface area contributed by atoms with Gasteiger partial charge in [0, 0.05) is 17.7 Å². The first-order valence-corrected chi connectivity index (χ1v) is 12.0.